The largest absolute Gasteiger partial charge is 0.465 e. The minimum absolute atomic E-state index is 0.00926. The Balaban J connectivity index is 1.18. The van der Waals surface area contributed by atoms with Crippen LogP contribution in [0.3, 0.4) is 0 Å². The first-order valence-electron chi connectivity index (χ1n) is 16.3. The normalized spacial score (nSPS) is 21.1. The summed E-state index contributed by atoms with van der Waals surface area (Å²) >= 11 is 1.31. The van der Waals surface area contributed by atoms with Crippen molar-refractivity contribution < 1.29 is 37.9 Å². The Bertz CT molecular complexity index is 1950. The Kier molecular flexibility index (Phi) is 9.31. The van der Waals surface area contributed by atoms with Crippen LogP contribution in [0.5, 0.6) is 0 Å². The Hall–Kier alpha value is -5.38. The maximum Gasteiger partial charge on any atom is 0.407 e. The van der Waals surface area contributed by atoms with Crippen LogP contribution in [0.2, 0.25) is 0 Å². The van der Waals surface area contributed by atoms with E-state index in [1.165, 1.54) is 53.5 Å². The number of nitrogens with one attached hydrogen (secondary N) is 4. The molecule has 3 aliphatic rings. The van der Waals surface area contributed by atoms with E-state index in [0.717, 1.165) is 9.78 Å². The molecule has 268 valence electrons. The van der Waals surface area contributed by atoms with Crippen LogP contribution in [0.1, 0.15) is 64.7 Å². The van der Waals surface area contributed by atoms with Crippen LogP contribution in [0.4, 0.5) is 13.6 Å². The molecule has 2 heterocycles. The molecule has 13 nitrogen and oxygen atoms in total. The second kappa shape index (κ2) is 13.4. The summed E-state index contributed by atoms with van der Waals surface area (Å²) in [6.07, 6.45) is -0.608. The molecule has 0 bridgehead atoms. The first-order valence-corrected chi connectivity index (χ1v) is 17.2. The summed E-state index contributed by atoms with van der Waals surface area (Å²) in [5.74, 6) is -5.33. The van der Waals surface area contributed by atoms with E-state index in [9.17, 15) is 29.1 Å². The fourth-order valence-corrected chi connectivity index (χ4v) is 8.12. The van der Waals surface area contributed by atoms with Crippen LogP contribution < -0.4 is 21.7 Å². The van der Waals surface area contributed by atoms with Crippen molar-refractivity contribution in [2.24, 2.45) is 11.1 Å². The maximum absolute atomic E-state index is 15.0. The van der Waals surface area contributed by atoms with Crippen LogP contribution in [0, 0.1) is 10.8 Å². The van der Waals surface area contributed by atoms with E-state index in [1.807, 2.05) is 0 Å². The van der Waals surface area contributed by atoms with Gasteiger partial charge in [0, 0.05) is 70.5 Å². The third-order valence-corrected chi connectivity index (χ3v) is 10.9. The quantitative estimate of drug-likeness (QED) is 0.122. The van der Waals surface area contributed by atoms with Crippen LogP contribution in [-0.4, -0.2) is 88.7 Å². The fraction of sp³-hybridized carbons (Fsp3) is 0.371. The van der Waals surface area contributed by atoms with Crippen molar-refractivity contribution in [1.29, 1.82) is 5.41 Å². The third-order valence-electron chi connectivity index (χ3n) is 9.83. The second-order valence-corrected chi connectivity index (χ2v) is 14.2. The molecule has 16 heteroatoms. The summed E-state index contributed by atoms with van der Waals surface area (Å²) < 4.78 is 30.1. The number of nitrogens with two attached hydrogens (primary N) is 1. The van der Waals surface area contributed by atoms with Crippen molar-refractivity contribution in [2.45, 2.75) is 50.7 Å². The zero-order chi connectivity index (χ0) is 36.8. The molecule has 6 rings (SSSR count). The van der Waals surface area contributed by atoms with Gasteiger partial charge in [0.1, 0.15) is 11.9 Å². The summed E-state index contributed by atoms with van der Waals surface area (Å²) in [7, 11) is 0. The molecule has 5 amide bonds. The van der Waals surface area contributed by atoms with Gasteiger partial charge < -0.3 is 36.6 Å². The molecular weight excluding hydrogens is 684 g/mol. The number of halogens is 2. The number of benzene rings is 2. The molecule has 1 saturated heterocycles. The van der Waals surface area contributed by atoms with Gasteiger partial charge in [0.2, 0.25) is 17.7 Å². The molecule has 7 N–H and O–H groups in total. The molecule has 0 spiro atoms. The number of alkyl halides is 2. The summed E-state index contributed by atoms with van der Waals surface area (Å²) in [6, 6.07) is 9.67. The number of nitrogen functional groups attached to an aromatic ring is 1. The number of carboxylic acid groups (broad SMARTS) is 1. The molecule has 1 saturated carbocycles. The maximum atomic E-state index is 15.0. The smallest absolute Gasteiger partial charge is 0.407 e. The summed E-state index contributed by atoms with van der Waals surface area (Å²) in [5.41, 5.74) is 5.65. The number of amidine groups is 1. The lowest BCUT2D eigenvalue weighted by molar-refractivity contribution is -0.139. The number of rotatable bonds is 12. The molecule has 1 unspecified atom stereocenters. The Morgan fingerprint density at radius 1 is 1.06 bits per heavy atom. The number of fused-ring (bicyclic) bond motifs is 4. The number of carbonyl (C=O) groups excluding carboxylic acids is 4. The zero-order valence-electron chi connectivity index (χ0n) is 27.8. The molecule has 2 aliphatic carbocycles. The summed E-state index contributed by atoms with van der Waals surface area (Å²) in [5, 5.41) is 27.3. The van der Waals surface area contributed by atoms with Crippen molar-refractivity contribution in [1.82, 2.24) is 25.8 Å². The highest BCUT2D eigenvalue weighted by Gasteiger charge is 2.67. The molecular formula is C35H37F2N7O6S. The van der Waals surface area contributed by atoms with E-state index in [-0.39, 0.29) is 60.1 Å². The molecule has 3 aromatic rings. The molecule has 1 aromatic heterocycles. The minimum atomic E-state index is -3.21. The number of hydrogen-bond donors (Lipinski definition) is 6. The van der Waals surface area contributed by atoms with Crippen LogP contribution in [0.25, 0.3) is 11.1 Å². The van der Waals surface area contributed by atoms with Crippen LogP contribution in [0.15, 0.2) is 53.9 Å². The van der Waals surface area contributed by atoms with E-state index in [0.29, 0.717) is 17.5 Å². The van der Waals surface area contributed by atoms with Gasteiger partial charge in [-0.05, 0) is 49.1 Å². The van der Waals surface area contributed by atoms with Gasteiger partial charge in [-0.1, -0.05) is 30.3 Å². The zero-order valence-corrected chi connectivity index (χ0v) is 28.6. The van der Waals surface area contributed by atoms with Gasteiger partial charge in [0.15, 0.2) is 0 Å². The molecule has 51 heavy (non-hydrogen) atoms. The Labute approximate surface area is 295 Å². The molecule has 0 radical (unpaired) electrons. The lowest BCUT2D eigenvalue weighted by atomic mass is 9.98. The highest BCUT2D eigenvalue weighted by atomic mass is 32.1. The minimum Gasteiger partial charge on any atom is -0.465 e. The van der Waals surface area contributed by atoms with Gasteiger partial charge in [-0.2, -0.15) is 8.78 Å². The molecule has 2 fully saturated rings. The number of carbonyl (C=O) groups is 5. The monoisotopic (exact) mass is 721 g/mol. The van der Waals surface area contributed by atoms with Crippen molar-refractivity contribution >= 4 is 46.9 Å². The van der Waals surface area contributed by atoms with Gasteiger partial charge in [-0.15, -0.1) is 11.3 Å². The Morgan fingerprint density at radius 2 is 1.78 bits per heavy atom. The van der Waals surface area contributed by atoms with E-state index >= 15 is 8.78 Å². The van der Waals surface area contributed by atoms with Crippen molar-refractivity contribution in [3.8, 4) is 11.1 Å². The van der Waals surface area contributed by atoms with E-state index in [1.54, 1.807) is 30.5 Å². The fourth-order valence-electron chi connectivity index (χ4n) is 7.20. The lowest BCUT2D eigenvalue weighted by Crippen LogP contribution is -2.51. The second-order valence-electron chi connectivity index (χ2n) is 13.2. The highest BCUT2D eigenvalue weighted by molar-refractivity contribution is 7.10. The average molecular weight is 722 g/mol. The number of hydrogen-bond acceptors (Lipinski definition) is 7. The predicted octanol–water partition coefficient (Wildman–Crippen LogP) is 3.24. The number of likely N-dealkylation sites (tertiary alicyclic amines) is 1. The molecule has 2 aromatic carbocycles. The molecule has 4 atom stereocenters. The number of thiophene rings is 1. The summed E-state index contributed by atoms with van der Waals surface area (Å²) in [4.78, 5) is 67.7. The number of piperidine rings is 1. The topological polar surface area (TPSA) is 198 Å². The molecule has 1 aliphatic heterocycles. The van der Waals surface area contributed by atoms with Gasteiger partial charge in [0.25, 0.3) is 11.8 Å². The lowest BCUT2D eigenvalue weighted by Gasteiger charge is -2.28. The highest BCUT2D eigenvalue weighted by Crippen LogP contribution is 2.60. The van der Waals surface area contributed by atoms with Crippen molar-refractivity contribution in [3.63, 3.8) is 0 Å². The van der Waals surface area contributed by atoms with E-state index < -0.39 is 59.8 Å². The third kappa shape index (κ3) is 6.74. The van der Waals surface area contributed by atoms with Crippen molar-refractivity contribution in [3.05, 3.63) is 81.0 Å². The van der Waals surface area contributed by atoms with Crippen LogP contribution >= 0.6 is 11.3 Å². The van der Waals surface area contributed by atoms with Crippen LogP contribution in [-0.2, 0) is 20.3 Å². The number of nitrogens with zero attached hydrogens (tertiary/aromatic N) is 2. The van der Waals surface area contributed by atoms with E-state index in [2.05, 4.69) is 16.0 Å². The first-order chi connectivity index (χ1) is 24.1. The number of amides is 5. The van der Waals surface area contributed by atoms with E-state index in [4.69, 9.17) is 11.1 Å². The standard InChI is InChI=1S/C35H37F2N7O6S/c1-18(27-12-21(16-51-27)30(38)39)42-32(48)26-13-34(17-43(33(49)50)10-9-40-19(2)45)14-28(34)44(26)29(46)15-41-31(47)20-7-8-25-23(11-20)22-5-3-4-6-24(22)35(25,36)37/h3-8,11-12,16,18,26,28H,9-10,13-15,17H2,1-2H3,(H3,38,39)(H,40,45)(H,41,47)(H,42,48)(H,49,50)/t18?,26-,28-,34+/m0/s1. The Morgan fingerprint density at radius 3 is 2.47 bits per heavy atom. The van der Waals surface area contributed by atoms with Gasteiger partial charge in [-0.3, -0.25) is 24.6 Å². The summed E-state index contributed by atoms with van der Waals surface area (Å²) in [6.45, 7) is 2.71. The van der Waals surface area contributed by atoms with Gasteiger partial charge in [0.05, 0.1) is 12.6 Å². The first kappa shape index (κ1) is 35.4. The average Bonchev–Trinajstić information content (AvgIpc) is 3.37. The van der Waals surface area contributed by atoms with Gasteiger partial charge in [-0.25, -0.2) is 4.79 Å². The van der Waals surface area contributed by atoms with Crippen molar-refractivity contribution in [2.75, 3.05) is 26.2 Å². The SMILES string of the molecule is CC(=O)NCCN(C[C@@]12C[C@@H]1N(C(=O)CNC(=O)c1ccc3c(c1)-c1ccccc1C3(F)F)[C@H](C(=O)NC(C)c1cc(C(=N)N)cs1)C2)C(=O)O. The predicted molar refractivity (Wildman–Crippen MR) is 183 cm³/mol. The van der Waals surface area contributed by atoms with Gasteiger partial charge >= 0.3 is 6.09 Å².